The monoisotopic (exact) mass is 267 g/mol. The van der Waals surface area contributed by atoms with Gasteiger partial charge in [0.1, 0.15) is 5.82 Å². The van der Waals surface area contributed by atoms with Crippen LogP contribution in [0.4, 0.5) is 4.39 Å². The lowest BCUT2D eigenvalue weighted by molar-refractivity contribution is 0.0698. The fourth-order valence-electron chi connectivity index (χ4n) is 2.52. The van der Waals surface area contributed by atoms with Gasteiger partial charge < -0.3 is 15.2 Å². The molecule has 1 fully saturated rings. The number of halogens is 1. The molecule has 1 aromatic rings. The third-order valence-corrected chi connectivity index (χ3v) is 3.68. The maximum Gasteiger partial charge on any atom is 0.123 e. The molecule has 0 bridgehead atoms. The highest BCUT2D eigenvalue weighted by Gasteiger charge is 2.24. The minimum absolute atomic E-state index is 0.255. The Labute approximate surface area is 113 Å². The van der Waals surface area contributed by atoms with Gasteiger partial charge in [-0.15, -0.1) is 0 Å². The van der Waals surface area contributed by atoms with Crippen LogP contribution in [0.2, 0.25) is 0 Å². The van der Waals surface area contributed by atoms with E-state index in [-0.39, 0.29) is 18.0 Å². The molecular formula is C15H22FNO2. The Morgan fingerprint density at radius 2 is 2.16 bits per heavy atom. The molecule has 1 heterocycles. The van der Waals surface area contributed by atoms with Crippen molar-refractivity contribution in [3.05, 3.63) is 35.6 Å². The second-order valence-electron chi connectivity index (χ2n) is 5.04. The standard InChI is InChI=1S/C15H22FNO2/c1-2-13(15-4-3-9-19-15)17-10-14(18)11-5-7-12(16)8-6-11/h5-8,13-15,17-18H,2-4,9-10H2,1H3/t13-,14-,15+/m0/s1. The molecule has 0 saturated carbocycles. The van der Waals surface area contributed by atoms with Crippen molar-refractivity contribution in [2.75, 3.05) is 13.2 Å². The number of aliphatic hydroxyl groups is 1. The lowest BCUT2D eigenvalue weighted by atomic mass is 10.0. The number of rotatable bonds is 6. The molecule has 0 aliphatic carbocycles. The van der Waals surface area contributed by atoms with Gasteiger partial charge in [0.25, 0.3) is 0 Å². The Hall–Kier alpha value is -0.970. The van der Waals surface area contributed by atoms with Gasteiger partial charge in [-0.25, -0.2) is 4.39 Å². The van der Waals surface area contributed by atoms with E-state index in [4.69, 9.17) is 4.74 Å². The maximum absolute atomic E-state index is 12.8. The van der Waals surface area contributed by atoms with E-state index in [2.05, 4.69) is 12.2 Å². The number of hydrogen-bond acceptors (Lipinski definition) is 3. The van der Waals surface area contributed by atoms with E-state index in [0.29, 0.717) is 6.54 Å². The molecule has 0 aromatic heterocycles. The van der Waals surface area contributed by atoms with Gasteiger partial charge in [-0.3, -0.25) is 0 Å². The van der Waals surface area contributed by atoms with E-state index in [1.807, 2.05) is 0 Å². The first-order chi connectivity index (χ1) is 9.20. The summed E-state index contributed by atoms with van der Waals surface area (Å²) in [6.45, 7) is 3.41. The van der Waals surface area contributed by atoms with Crippen molar-refractivity contribution < 1.29 is 14.2 Å². The molecule has 0 radical (unpaired) electrons. The number of benzene rings is 1. The Morgan fingerprint density at radius 3 is 2.74 bits per heavy atom. The van der Waals surface area contributed by atoms with Crippen LogP contribution in [-0.2, 0) is 4.74 Å². The van der Waals surface area contributed by atoms with E-state index in [1.54, 1.807) is 12.1 Å². The van der Waals surface area contributed by atoms with Crippen LogP contribution in [0.5, 0.6) is 0 Å². The van der Waals surface area contributed by atoms with Crippen LogP contribution < -0.4 is 5.32 Å². The summed E-state index contributed by atoms with van der Waals surface area (Å²) in [7, 11) is 0. The van der Waals surface area contributed by atoms with Gasteiger partial charge in [0.15, 0.2) is 0 Å². The Balaban J connectivity index is 1.84. The van der Waals surface area contributed by atoms with E-state index >= 15 is 0 Å². The molecule has 3 atom stereocenters. The molecule has 4 heteroatoms. The molecule has 3 nitrogen and oxygen atoms in total. The van der Waals surface area contributed by atoms with Crippen molar-refractivity contribution in [2.24, 2.45) is 0 Å². The molecule has 1 aromatic carbocycles. The summed E-state index contributed by atoms with van der Waals surface area (Å²) < 4.78 is 18.5. The SMILES string of the molecule is CC[C@H](NC[C@H](O)c1ccc(F)cc1)[C@H]1CCCO1. The van der Waals surface area contributed by atoms with E-state index in [9.17, 15) is 9.50 Å². The van der Waals surface area contributed by atoms with Gasteiger partial charge in [0.2, 0.25) is 0 Å². The van der Waals surface area contributed by atoms with Crippen molar-refractivity contribution in [1.29, 1.82) is 0 Å². The van der Waals surface area contributed by atoms with Crippen molar-refractivity contribution in [1.82, 2.24) is 5.32 Å². The number of aliphatic hydroxyl groups excluding tert-OH is 1. The van der Waals surface area contributed by atoms with E-state index in [0.717, 1.165) is 31.4 Å². The molecule has 2 rings (SSSR count). The van der Waals surface area contributed by atoms with Crippen LogP contribution >= 0.6 is 0 Å². The fraction of sp³-hybridized carbons (Fsp3) is 0.600. The average molecular weight is 267 g/mol. The molecule has 1 saturated heterocycles. The number of ether oxygens (including phenoxy) is 1. The highest BCUT2D eigenvalue weighted by molar-refractivity contribution is 5.18. The minimum atomic E-state index is -0.615. The van der Waals surface area contributed by atoms with Crippen LogP contribution in [0.15, 0.2) is 24.3 Å². The molecular weight excluding hydrogens is 245 g/mol. The zero-order valence-corrected chi connectivity index (χ0v) is 11.3. The predicted octanol–water partition coefficient (Wildman–Crippen LogP) is 2.41. The zero-order chi connectivity index (χ0) is 13.7. The summed E-state index contributed by atoms with van der Waals surface area (Å²) in [5, 5.41) is 13.4. The summed E-state index contributed by atoms with van der Waals surface area (Å²) in [6, 6.07) is 6.26. The van der Waals surface area contributed by atoms with Gasteiger partial charge in [-0.05, 0) is 37.0 Å². The molecule has 2 N–H and O–H groups in total. The Morgan fingerprint density at radius 1 is 1.42 bits per heavy atom. The van der Waals surface area contributed by atoms with Crippen molar-refractivity contribution in [2.45, 2.75) is 44.4 Å². The maximum atomic E-state index is 12.8. The van der Waals surface area contributed by atoms with Gasteiger partial charge in [0.05, 0.1) is 12.2 Å². The van der Waals surface area contributed by atoms with Crippen LogP contribution in [0.3, 0.4) is 0 Å². The zero-order valence-electron chi connectivity index (χ0n) is 11.3. The summed E-state index contributed by atoms with van der Waals surface area (Å²) in [5.74, 6) is -0.283. The highest BCUT2D eigenvalue weighted by Crippen LogP contribution is 2.19. The first kappa shape index (κ1) is 14.4. The molecule has 1 aliphatic heterocycles. The first-order valence-corrected chi connectivity index (χ1v) is 6.99. The minimum Gasteiger partial charge on any atom is -0.387 e. The van der Waals surface area contributed by atoms with E-state index < -0.39 is 6.10 Å². The summed E-state index contributed by atoms with van der Waals surface area (Å²) >= 11 is 0. The van der Waals surface area contributed by atoms with Crippen LogP contribution in [0, 0.1) is 5.82 Å². The third-order valence-electron chi connectivity index (χ3n) is 3.68. The highest BCUT2D eigenvalue weighted by atomic mass is 19.1. The smallest absolute Gasteiger partial charge is 0.123 e. The normalized spacial score (nSPS) is 22.4. The summed E-state index contributed by atoms with van der Waals surface area (Å²) in [5.41, 5.74) is 0.732. The molecule has 0 amide bonds. The molecule has 106 valence electrons. The van der Waals surface area contributed by atoms with Crippen LogP contribution in [0.25, 0.3) is 0 Å². The fourth-order valence-corrected chi connectivity index (χ4v) is 2.52. The van der Waals surface area contributed by atoms with Crippen LogP contribution in [-0.4, -0.2) is 30.4 Å². The lowest BCUT2D eigenvalue weighted by Crippen LogP contribution is -2.41. The largest absolute Gasteiger partial charge is 0.387 e. The second-order valence-corrected chi connectivity index (χ2v) is 5.04. The van der Waals surface area contributed by atoms with Gasteiger partial charge in [-0.1, -0.05) is 19.1 Å². The second kappa shape index (κ2) is 6.98. The number of hydrogen-bond donors (Lipinski definition) is 2. The lowest BCUT2D eigenvalue weighted by Gasteiger charge is -2.24. The predicted molar refractivity (Wildman–Crippen MR) is 72.4 cm³/mol. The van der Waals surface area contributed by atoms with Gasteiger partial charge >= 0.3 is 0 Å². The van der Waals surface area contributed by atoms with Crippen molar-refractivity contribution >= 4 is 0 Å². The molecule has 0 unspecified atom stereocenters. The topological polar surface area (TPSA) is 41.5 Å². The quantitative estimate of drug-likeness (QED) is 0.831. The van der Waals surface area contributed by atoms with Crippen molar-refractivity contribution in [3.63, 3.8) is 0 Å². The average Bonchev–Trinajstić information content (AvgIpc) is 2.94. The molecule has 0 spiro atoms. The molecule has 1 aliphatic rings. The van der Waals surface area contributed by atoms with Gasteiger partial charge in [-0.2, -0.15) is 0 Å². The van der Waals surface area contributed by atoms with E-state index in [1.165, 1.54) is 12.1 Å². The van der Waals surface area contributed by atoms with Crippen molar-refractivity contribution in [3.8, 4) is 0 Å². The first-order valence-electron chi connectivity index (χ1n) is 6.99. The Kier molecular flexibility index (Phi) is 5.31. The Bertz CT molecular complexity index is 376. The summed E-state index contributed by atoms with van der Waals surface area (Å²) in [4.78, 5) is 0. The third kappa shape index (κ3) is 4.00. The molecule has 19 heavy (non-hydrogen) atoms. The number of nitrogens with one attached hydrogen (secondary N) is 1. The van der Waals surface area contributed by atoms with Crippen LogP contribution in [0.1, 0.15) is 37.9 Å². The summed E-state index contributed by atoms with van der Waals surface area (Å²) in [6.07, 6.45) is 2.81. The van der Waals surface area contributed by atoms with Gasteiger partial charge in [0, 0.05) is 19.2 Å².